The Morgan fingerprint density at radius 2 is 2.19 bits per heavy atom. The third-order valence-corrected chi connectivity index (χ3v) is 3.58. The molecule has 0 unspecified atom stereocenters. The number of ether oxygens (including phenoxy) is 3. The van der Waals surface area contributed by atoms with Gasteiger partial charge in [0.25, 0.3) is 0 Å². The van der Waals surface area contributed by atoms with Crippen LogP contribution in [0.3, 0.4) is 0 Å². The molecular formula is C19H22ClN3O4. The molecule has 7 nitrogen and oxygen atoms in total. The summed E-state index contributed by atoms with van der Waals surface area (Å²) >= 11 is 6.27. The Labute approximate surface area is 163 Å². The van der Waals surface area contributed by atoms with E-state index >= 15 is 0 Å². The van der Waals surface area contributed by atoms with E-state index in [4.69, 9.17) is 32.4 Å². The Balaban J connectivity index is 2.35. The molecule has 0 atom stereocenters. The molecule has 0 aliphatic heterocycles. The van der Waals surface area contributed by atoms with Gasteiger partial charge in [0.2, 0.25) is 12.4 Å². The first-order valence-electron chi connectivity index (χ1n) is 8.35. The first-order chi connectivity index (χ1) is 12.8. The number of hydrogen-bond acceptors (Lipinski definition) is 5. The Morgan fingerprint density at radius 3 is 2.81 bits per heavy atom. The molecule has 0 amide bonds. The van der Waals surface area contributed by atoms with E-state index in [1.54, 1.807) is 39.1 Å². The zero-order valence-electron chi connectivity index (χ0n) is 15.6. The van der Waals surface area contributed by atoms with Gasteiger partial charge in [-0.3, -0.25) is 4.57 Å². The number of aromatic nitrogens is 2. The molecule has 0 saturated heterocycles. The molecule has 2 heterocycles. The lowest BCUT2D eigenvalue weighted by atomic mass is 10.2. The molecule has 0 bridgehead atoms. The van der Waals surface area contributed by atoms with Gasteiger partial charge in [0, 0.05) is 6.20 Å². The fourth-order valence-electron chi connectivity index (χ4n) is 2.30. The number of pyridine rings is 1. The molecule has 0 N–H and O–H groups in total. The molecule has 144 valence electrons. The molecule has 2 aromatic rings. The van der Waals surface area contributed by atoms with Gasteiger partial charge in [-0.1, -0.05) is 17.7 Å². The van der Waals surface area contributed by atoms with Gasteiger partial charge in [-0.15, -0.1) is 6.58 Å². The van der Waals surface area contributed by atoms with Crippen molar-refractivity contribution < 1.29 is 19.0 Å². The molecule has 0 spiro atoms. The van der Waals surface area contributed by atoms with Gasteiger partial charge in [-0.05, 0) is 26.8 Å². The number of nitrogens with zero attached hydrogens (tertiary/aromatic N) is 3. The molecule has 27 heavy (non-hydrogen) atoms. The highest BCUT2D eigenvalue weighted by Crippen LogP contribution is 2.30. The van der Waals surface area contributed by atoms with Crippen LogP contribution in [-0.2, 0) is 16.0 Å². The molecule has 0 aliphatic carbocycles. The van der Waals surface area contributed by atoms with E-state index in [9.17, 15) is 4.79 Å². The van der Waals surface area contributed by atoms with E-state index in [2.05, 4.69) is 16.4 Å². The van der Waals surface area contributed by atoms with Crippen molar-refractivity contribution in [2.45, 2.75) is 32.9 Å². The first kappa shape index (κ1) is 20.7. The fraction of sp³-hybridized carbons (Fsp3) is 0.421. The summed E-state index contributed by atoms with van der Waals surface area (Å²) in [6.45, 7) is 17.2. The Kier molecular flexibility index (Phi) is 6.83. The lowest BCUT2D eigenvalue weighted by Gasteiger charge is -2.19. The Bertz CT molecular complexity index is 878. The number of rotatable bonds is 7. The van der Waals surface area contributed by atoms with Gasteiger partial charge < -0.3 is 19.1 Å². The quantitative estimate of drug-likeness (QED) is 0.395. The van der Waals surface area contributed by atoms with Crippen molar-refractivity contribution in [1.29, 1.82) is 0 Å². The van der Waals surface area contributed by atoms with Gasteiger partial charge in [0.15, 0.2) is 0 Å². The maximum Gasteiger partial charge on any atom is 0.419 e. The van der Waals surface area contributed by atoms with Crippen molar-refractivity contribution >= 4 is 28.7 Å². The first-order valence-corrected chi connectivity index (χ1v) is 8.73. The van der Waals surface area contributed by atoms with Crippen molar-refractivity contribution in [3.8, 4) is 5.88 Å². The monoisotopic (exact) mass is 391 g/mol. The van der Waals surface area contributed by atoms with Crippen LogP contribution in [0.15, 0.2) is 24.9 Å². The zero-order valence-corrected chi connectivity index (χ0v) is 16.4. The second-order valence-corrected chi connectivity index (χ2v) is 7.08. The van der Waals surface area contributed by atoms with E-state index in [1.807, 2.05) is 0 Å². The second-order valence-electron chi connectivity index (χ2n) is 6.68. The van der Waals surface area contributed by atoms with E-state index in [1.165, 1.54) is 4.57 Å². The van der Waals surface area contributed by atoms with Crippen LogP contribution in [0.4, 0.5) is 4.79 Å². The van der Waals surface area contributed by atoms with E-state index in [0.29, 0.717) is 29.8 Å². The third-order valence-electron chi connectivity index (χ3n) is 3.31. The summed E-state index contributed by atoms with van der Waals surface area (Å²) in [5.74, 6) is 0.222. The standard InChI is InChI=1S/C19H22ClN3O4/c1-6-7-25-8-9-26-17-14(20)10-15-16(22-17)13(11-21-5)12-23(15)18(24)27-19(2,3)4/h6,10,12H,1,7-9,11H2,2-4H3. The lowest BCUT2D eigenvalue weighted by Crippen LogP contribution is -2.26. The average Bonchev–Trinajstić information content (AvgIpc) is 2.91. The molecule has 0 aromatic carbocycles. The molecule has 0 radical (unpaired) electrons. The zero-order chi connectivity index (χ0) is 20.0. The van der Waals surface area contributed by atoms with Crippen molar-refractivity contribution in [3.63, 3.8) is 0 Å². The second kappa shape index (κ2) is 8.89. The predicted molar refractivity (Wildman–Crippen MR) is 103 cm³/mol. The summed E-state index contributed by atoms with van der Waals surface area (Å²) < 4.78 is 17.6. The van der Waals surface area contributed by atoms with Gasteiger partial charge in [-0.25, -0.2) is 16.4 Å². The maximum absolute atomic E-state index is 12.5. The van der Waals surface area contributed by atoms with Crippen molar-refractivity contribution in [2.24, 2.45) is 0 Å². The highest BCUT2D eigenvalue weighted by Gasteiger charge is 2.23. The van der Waals surface area contributed by atoms with Crippen LogP contribution in [0.25, 0.3) is 15.9 Å². The summed E-state index contributed by atoms with van der Waals surface area (Å²) in [5.41, 5.74) is 0.876. The molecule has 0 aliphatic rings. The number of hydrogen-bond donors (Lipinski definition) is 0. The Hall–Kier alpha value is -2.56. The van der Waals surface area contributed by atoms with E-state index in [0.717, 1.165) is 0 Å². The number of carbonyl (C=O) groups excluding carboxylic acids is 1. The van der Waals surface area contributed by atoms with Crippen LogP contribution in [0.1, 0.15) is 26.3 Å². The van der Waals surface area contributed by atoms with Gasteiger partial charge >= 0.3 is 6.09 Å². The molecule has 2 aromatic heterocycles. The Morgan fingerprint density at radius 1 is 1.44 bits per heavy atom. The number of carbonyl (C=O) groups is 1. The fourth-order valence-corrected chi connectivity index (χ4v) is 2.50. The topological polar surface area (TPSA) is 66.9 Å². The summed E-state index contributed by atoms with van der Waals surface area (Å²) in [6, 6.07) is 1.58. The summed E-state index contributed by atoms with van der Waals surface area (Å²) in [4.78, 5) is 20.3. The third kappa shape index (κ3) is 5.46. The van der Waals surface area contributed by atoms with Crippen LogP contribution in [0.2, 0.25) is 5.02 Å². The van der Waals surface area contributed by atoms with Crippen LogP contribution >= 0.6 is 11.6 Å². The smallest absolute Gasteiger partial charge is 0.419 e. The van der Waals surface area contributed by atoms with Crippen molar-refractivity contribution in [3.05, 3.63) is 46.9 Å². The highest BCUT2D eigenvalue weighted by molar-refractivity contribution is 6.32. The minimum absolute atomic E-state index is 0.0722. The van der Waals surface area contributed by atoms with Crippen LogP contribution in [0.5, 0.6) is 5.88 Å². The summed E-state index contributed by atoms with van der Waals surface area (Å²) in [5, 5.41) is 0.253. The molecule has 0 saturated carbocycles. The maximum atomic E-state index is 12.5. The molecular weight excluding hydrogens is 370 g/mol. The number of fused-ring (bicyclic) bond motifs is 1. The van der Waals surface area contributed by atoms with E-state index < -0.39 is 11.7 Å². The summed E-state index contributed by atoms with van der Waals surface area (Å²) in [6.07, 6.45) is 2.64. The minimum Gasteiger partial charge on any atom is -0.474 e. The van der Waals surface area contributed by atoms with Crippen molar-refractivity contribution in [2.75, 3.05) is 19.8 Å². The van der Waals surface area contributed by atoms with Gasteiger partial charge in [0.05, 0.1) is 24.3 Å². The van der Waals surface area contributed by atoms with Crippen LogP contribution in [-0.4, -0.2) is 41.1 Å². The normalized spacial score (nSPS) is 11.2. The van der Waals surface area contributed by atoms with E-state index in [-0.39, 0.29) is 24.1 Å². The van der Waals surface area contributed by atoms with Gasteiger partial charge in [0.1, 0.15) is 22.7 Å². The number of halogens is 1. The van der Waals surface area contributed by atoms with Crippen molar-refractivity contribution in [1.82, 2.24) is 9.55 Å². The largest absolute Gasteiger partial charge is 0.474 e. The van der Waals surface area contributed by atoms with Crippen LogP contribution in [0, 0.1) is 6.57 Å². The van der Waals surface area contributed by atoms with Crippen LogP contribution < -0.4 is 4.74 Å². The van der Waals surface area contributed by atoms with Gasteiger partial charge in [-0.2, -0.15) is 0 Å². The molecule has 2 rings (SSSR count). The SMILES string of the molecule is [C-]#[N+]Cc1cn(C(=O)OC(C)(C)C)c2cc(Cl)c(OCCOCC=C)nc12. The molecule has 8 heteroatoms. The predicted octanol–water partition coefficient (Wildman–Crippen LogP) is 4.47. The minimum atomic E-state index is -0.653. The molecule has 0 fully saturated rings. The average molecular weight is 392 g/mol. The lowest BCUT2D eigenvalue weighted by molar-refractivity contribution is 0.0544. The highest BCUT2D eigenvalue weighted by atomic mass is 35.5. The summed E-state index contributed by atoms with van der Waals surface area (Å²) in [7, 11) is 0.